The Bertz CT molecular complexity index is 1010. The Kier molecular flexibility index (Phi) is 7.00. The summed E-state index contributed by atoms with van der Waals surface area (Å²) in [7, 11) is 1.63. The van der Waals surface area contributed by atoms with E-state index in [9.17, 15) is 9.59 Å². The zero-order valence-electron chi connectivity index (χ0n) is 18.8. The molecule has 0 bridgehead atoms. The Hall–Kier alpha value is -3.28. The van der Waals surface area contributed by atoms with Crippen LogP contribution in [0.25, 0.3) is 0 Å². The van der Waals surface area contributed by atoms with Gasteiger partial charge in [-0.15, -0.1) is 0 Å². The molecule has 0 spiro atoms. The van der Waals surface area contributed by atoms with E-state index in [0.717, 1.165) is 28.7 Å². The fraction of sp³-hybridized carbons (Fsp3) is 0.360. The van der Waals surface area contributed by atoms with Gasteiger partial charge in [0.15, 0.2) is 0 Å². The zero-order valence-corrected chi connectivity index (χ0v) is 18.8. The van der Waals surface area contributed by atoms with E-state index < -0.39 is 12.0 Å². The van der Waals surface area contributed by atoms with Gasteiger partial charge < -0.3 is 14.8 Å². The molecule has 1 heterocycles. The van der Waals surface area contributed by atoms with Crippen molar-refractivity contribution in [3.63, 3.8) is 0 Å². The second-order valence-corrected chi connectivity index (χ2v) is 7.67. The number of nitrogens with zero attached hydrogens (tertiary/aromatic N) is 1. The van der Waals surface area contributed by atoms with Crippen LogP contribution < -0.4 is 10.1 Å². The molecule has 2 aromatic carbocycles. The first-order chi connectivity index (χ1) is 14.8. The minimum atomic E-state index is -0.608. The lowest BCUT2D eigenvalue weighted by molar-refractivity contribution is -0.139. The number of amides is 2. The highest BCUT2D eigenvalue weighted by molar-refractivity contribution is 5.95. The molecular formula is C25H30N2O4. The molecule has 1 atom stereocenters. The Morgan fingerprint density at radius 1 is 1.13 bits per heavy atom. The highest BCUT2D eigenvalue weighted by atomic mass is 16.5. The molecular weight excluding hydrogens is 392 g/mol. The van der Waals surface area contributed by atoms with E-state index >= 15 is 0 Å². The van der Waals surface area contributed by atoms with Crippen LogP contribution in [0.3, 0.4) is 0 Å². The summed E-state index contributed by atoms with van der Waals surface area (Å²) < 4.78 is 11.4. The van der Waals surface area contributed by atoms with Gasteiger partial charge in [-0.05, 0) is 56.0 Å². The first-order valence-electron chi connectivity index (χ1n) is 10.6. The molecule has 6 heteroatoms. The third kappa shape index (κ3) is 4.90. The number of esters is 1. The number of carbonyl (C=O) groups is 2. The molecule has 1 aliphatic rings. The predicted octanol–water partition coefficient (Wildman–Crippen LogP) is 4.46. The highest BCUT2D eigenvalue weighted by Gasteiger charge is 2.37. The molecule has 0 saturated carbocycles. The fourth-order valence-electron chi connectivity index (χ4n) is 3.69. The highest BCUT2D eigenvalue weighted by Crippen LogP contribution is 2.33. The van der Waals surface area contributed by atoms with Gasteiger partial charge in [0.05, 0.1) is 23.9 Å². The monoisotopic (exact) mass is 422 g/mol. The summed E-state index contributed by atoms with van der Waals surface area (Å²) in [6.07, 6.45) is 0.894. The van der Waals surface area contributed by atoms with Crippen LogP contribution in [0.2, 0.25) is 0 Å². The van der Waals surface area contributed by atoms with Crippen LogP contribution in [-0.2, 0) is 16.0 Å². The molecule has 0 aromatic heterocycles. The van der Waals surface area contributed by atoms with Crippen molar-refractivity contribution in [3.05, 3.63) is 76.0 Å². The van der Waals surface area contributed by atoms with Crippen molar-refractivity contribution in [1.82, 2.24) is 10.2 Å². The van der Waals surface area contributed by atoms with Gasteiger partial charge in [0.25, 0.3) is 0 Å². The third-order valence-corrected chi connectivity index (χ3v) is 5.50. The fourth-order valence-corrected chi connectivity index (χ4v) is 3.69. The Morgan fingerprint density at radius 3 is 2.61 bits per heavy atom. The topological polar surface area (TPSA) is 67.9 Å². The lowest BCUT2D eigenvalue weighted by atomic mass is 9.90. The average Bonchev–Trinajstić information content (AvgIpc) is 2.76. The molecule has 0 radical (unpaired) electrons. The van der Waals surface area contributed by atoms with Crippen molar-refractivity contribution in [3.8, 4) is 5.75 Å². The summed E-state index contributed by atoms with van der Waals surface area (Å²) in [5.74, 6) is 0.235. The first kappa shape index (κ1) is 22.4. The van der Waals surface area contributed by atoms with Gasteiger partial charge in [0.1, 0.15) is 12.4 Å². The molecule has 1 aliphatic heterocycles. The van der Waals surface area contributed by atoms with Crippen LogP contribution in [-0.4, -0.2) is 37.2 Å². The van der Waals surface area contributed by atoms with Crippen molar-refractivity contribution in [2.75, 3.05) is 20.3 Å². The molecule has 0 fully saturated rings. The number of likely N-dealkylation sites (N-methyl/N-ethyl adjacent to an activating group) is 1. The number of benzene rings is 2. The van der Waals surface area contributed by atoms with Gasteiger partial charge >= 0.3 is 12.0 Å². The minimum Gasteiger partial charge on any atom is -0.487 e. The smallest absolute Gasteiger partial charge is 0.338 e. The number of hydrogen-bond acceptors (Lipinski definition) is 4. The first-order valence-corrected chi connectivity index (χ1v) is 10.6. The summed E-state index contributed by atoms with van der Waals surface area (Å²) in [5.41, 5.74) is 4.94. The van der Waals surface area contributed by atoms with Crippen molar-refractivity contribution in [2.45, 2.75) is 40.2 Å². The molecule has 0 saturated heterocycles. The average molecular weight is 423 g/mol. The second-order valence-electron chi connectivity index (χ2n) is 7.67. The maximum absolute atomic E-state index is 13.0. The van der Waals surface area contributed by atoms with Crippen LogP contribution in [0.4, 0.5) is 4.79 Å². The summed E-state index contributed by atoms with van der Waals surface area (Å²) in [6.45, 7) is 8.11. The Labute approximate surface area is 183 Å². The van der Waals surface area contributed by atoms with Crippen molar-refractivity contribution in [2.24, 2.45) is 0 Å². The van der Waals surface area contributed by atoms with Gasteiger partial charge in [-0.1, -0.05) is 42.8 Å². The molecule has 2 aromatic rings. The van der Waals surface area contributed by atoms with Gasteiger partial charge in [0.2, 0.25) is 0 Å². The zero-order chi connectivity index (χ0) is 22.5. The number of rotatable bonds is 7. The van der Waals surface area contributed by atoms with Crippen LogP contribution in [0.1, 0.15) is 42.1 Å². The van der Waals surface area contributed by atoms with E-state index in [0.29, 0.717) is 17.0 Å². The van der Waals surface area contributed by atoms with E-state index in [1.165, 1.54) is 4.90 Å². The molecule has 0 unspecified atom stereocenters. The van der Waals surface area contributed by atoms with Crippen LogP contribution in [0.15, 0.2) is 53.7 Å². The third-order valence-electron chi connectivity index (χ3n) is 5.50. The summed E-state index contributed by atoms with van der Waals surface area (Å²) in [6, 6.07) is 12.9. The van der Waals surface area contributed by atoms with Gasteiger partial charge in [-0.3, -0.25) is 4.90 Å². The maximum atomic E-state index is 13.0. The Balaban J connectivity index is 2.06. The summed E-state index contributed by atoms with van der Waals surface area (Å²) in [4.78, 5) is 27.3. The second kappa shape index (κ2) is 9.69. The van der Waals surface area contributed by atoms with Crippen molar-refractivity contribution >= 4 is 12.0 Å². The van der Waals surface area contributed by atoms with Crippen LogP contribution in [0.5, 0.6) is 5.75 Å². The van der Waals surface area contributed by atoms with Crippen LogP contribution >= 0.6 is 0 Å². The number of nitrogens with one attached hydrogen (secondary N) is 1. The summed E-state index contributed by atoms with van der Waals surface area (Å²) in [5, 5.41) is 2.96. The normalized spacial score (nSPS) is 16.2. The lowest BCUT2D eigenvalue weighted by Gasteiger charge is -2.35. The number of hydrogen-bond donors (Lipinski definition) is 1. The number of carbonyl (C=O) groups excluding carboxylic acids is 2. The van der Waals surface area contributed by atoms with Crippen LogP contribution in [0, 0.1) is 13.8 Å². The molecule has 3 rings (SSSR count). The van der Waals surface area contributed by atoms with Crippen molar-refractivity contribution in [1.29, 1.82) is 0 Å². The maximum Gasteiger partial charge on any atom is 0.338 e. The van der Waals surface area contributed by atoms with Crippen molar-refractivity contribution < 1.29 is 19.1 Å². The molecule has 0 aliphatic carbocycles. The SMILES string of the molecule is CCOC(=O)C1=C(COc2cccc(CC)c2)N(C)C(=O)N[C@@H]1c1cc(C)ccc1C. The molecule has 164 valence electrons. The number of aryl methyl sites for hydroxylation is 3. The number of ether oxygens (including phenoxy) is 2. The summed E-state index contributed by atoms with van der Waals surface area (Å²) >= 11 is 0. The molecule has 31 heavy (non-hydrogen) atoms. The van der Waals surface area contributed by atoms with E-state index in [4.69, 9.17) is 9.47 Å². The molecule has 1 N–H and O–H groups in total. The van der Waals surface area contributed by atoms with E-state index in [-0.39, 0.29) is 19.2 Å². The standard InChI is InChI=1S/C25H30N2O4/c1-6-18-9-8-10-19(14-18)31-15-21-22(24(28)30-7-2)23(26-25(29)27(21)5)20-13-16(3)11-12-17(20)4/h8-14,23H,6-7,15H2,1-5H3,(H,26,29)/t23-/m1/s1. The largest absolute Gasteiger partial charge is 0.487 e. The molecule has 2 amide bonds. The number of urea groups is 1. The van der Waals surface area contributed by atoms with Gasteiger partial charge in [0, 0.05) is 7.05 Å². The minimum absolute atomic E-state index is 0.0760. The lowest BCUT2D eigenvalue weighted by Crippen LogP contribution is -2.48. The van der Waals surface area contributed by atoms with E-state index in [1.807, 2.05) is 56.3 Å². The van der Waals surface area contributed by atoms with Gasteiger partial charge in [-0.25, -0.2) is 9.59 Å². The van der Waals surface area contributed by atoms with Gasteiger partial charge in [-0.2, -0.15) is 0 Å². The quantitative estimate of drug-likeness (QED) is 0.669. The van der Waals surface area contributed by atoms with E-state index in [1.54, 1.807) is 14.0 Å². The molecule has 6 nitrogen and oxygen atoms in total. The predicted molar refractivity (Wildman–Crippen MR) is 120 cm³/mol. The Morgan fingerprint density at radius 2 is 1.90 bits per heavy atom. The van der Waals surface area contributed by atoms with E-state index in [2.05, 4.69) is 12.2 Å².